The first kappa shape index (κ1) is 57.7. The van der Waals surface area contributed by atoms with Crippen LogP contribution in [-0.4, -0.2) is 141 Å². The van der Waals surface area contributed by atoms with Gasteiger partial charge >= 0.3 is 12.1 Å². The van der Waals surface area contributed by atoms with Crippen LogP contribution < -0.4 is 19.9 Å². The fourth-order valence-electron chi connectivity index (χ4n) is 14.7. The second kappa shape index (κ2) is 22.5. The average Bonchev–Trinajstić information content (AvgIpc) is 2.08. The molecule has 2 unspecified atom stereocenters. The lowest BCUT2D eigenvalue weighted by Gasteiger charge is -2.42. The molecule has 0 saturated carbocycles. The van der Waals surface area contributed by atoms with Crippen molar-refractivity contribution >= 4 is 62.0 Å². The molecule has 0 spiro atoms. The van der Waals surface area contributed by atoms with Crippen molar-refractivity contribution in [3.05, 3.63) is 77.1 Å². The molecule has 3 amide bonds. The largest absolute Gasteiger partial charge is 0.461 e. The number of imide groups is 1. The van der Waals surface area contributed by atoms with Gasteiger partial charge in [0.15, 0.2) is 5.82 Å². The molecule has 7 aliphatic rings. The predicted molar refractivity (Wildman–Crippen MR) is 314 cm³/mol. The van der Waals surface area contributed by atoms with Gasteiger partial charge in [0.2, 0.25) is 11.8 Å². The fourth-order valence-corrected chi connectivity index (χ4v) is 14.7. The number of hydrogen-bond donors (Lipinski definition) is 1. The number of aryl methyl sites for hydroxylation is 2. The number of fused-ring (bicyclic) bond motifs is 5. The number of alkyl halides is 2. The maximum atomic E-state index is 17.5. The monoisotopic (exact) mass is 1150 g/mol. The summed E-state index contributed by atoms with van der Waals surface area (Å²) in [5.74, 6) is -3.90. The molecule has 20 heteroatoms. The number of pyridine rings is 1. The van der Waals surface area contributed by atoms with Crippen LogP contribution in [0.1, 0.15) is 125 Å². The molecule has 83 heavy (non-hydrogen) atoms. The lowest BCUT2D eigenvalue weighted by molar-refractivity contribution is -0.134. The first-order valence-electron chi connectivity index (χ1n) is 28.8. The van der Waals surface area contributed by atoms with E-state index in [0.29, 0.717) is 104 Å². The minimum Gasteiger partial charge on any atom is -0.461 e. The van der Waals surface area contributed by atoms with Gasteiger partial charge in [-0.1, -0.05) is 45.0 Å². The van der Waals surface area contributed by atoms with E-state index in [1.54, 1.807) is 27.8 Å². The molecule has 0 radical (unpaired) electrons. The number of carbonyl (C=O) groups excluding carboxylic acids is 3. The molecule has 3 aromatic heterocycles. The molecule has 6 aromatic rings. The van der Waals surface area contributed by atoms with Crippen LogP contribution in [0.25, 0.3) is 43.8 Å². The van der Waals surface area contributed by atoms with Gasteiger partial charge in [-0.05, 0) is 120 Å². The summed E-state index contributed by atoms with van der Waals surface area (Å²) < 4.78 is 86.0. The van der Waals surface area contributed by atoms with Crippen LogP contribution in [0.4, 0.5) is 33.9 Å². The fraction of sp³-hybridized carbons (Fsp3) is 0.540. The van der Waals surface area contributed by atoms with Crippen LogP contribution in [0.2, 0.25) is 0 Å². The third-order valence-electron chi connectivity index (χ3n) is 19.1. The molecule has 444 valence electrons. The molecule has 10 heterocycles. The van der Waals surface area contributed by atoms with E-state index < -0.39 is 52.5 Å². The Kier molecular flexibility index (Phi) is 15.6. The number of likely N-dealkylation sites (tertiary alicyclic amines) is 1. The first-order valence-corrected chi connectivity index (χ1v) is 28.8. The number of halogens is 4. The van der Waals surface area contributed by atoms with Gasteiger partial charge in [0.25, 0.3) is 5.92 Å². The number of rotatable bonds is 10. The van der Waals surface area contributed by atoms with Crippen LogP contribution in [0.15, 0.2) is 48.5 Å². The Balaban J connectivity index is 0.00000216. The molecule has 6 fully saturated rings. The number of piperidine rings is 3. The number of ether oxygens (including phenoxy) is 3. The summed E-state index contributed by atoms with van der Waals surface area (Å²) in [6.45, 7) is 6.25. The minimum absolute atomic E-state index is 0. The van der Waals surface area contributed by atoms with Crippen molar-refractivity contribution in [2.45, 2.75) is 134 Å². The highest BCUT2D eigenvalue weighted by Gasteiger charge is 2.52. The predicted octanol–water partition coefficient (Wildman–Crippen LogP) is 11.0. The smallest absolute Gasteiger partial charge is 0.409 e. The van der Waals surface area contributed by atoms with Crippen LogP contribution in [0.3, 0.4) is 0 Å². The maximum Gasteiger partial charge on any atom is 0.409 e. The van der Waals surface area contributed by atoms with E-state index in [1.807, 2.05) is 31.3 Å². The van der Waals surface area contributed by atoms with Gasteiger partial charge in [0.05, 0.1) is 51.5 Å². The SMILES string of the molecule is C.C.C#Cc1c(F)ccc2cccc(-c3nc4c5c(nc(OC[C@@]67CCCN6[C@H](COC(=O)N6CCC(C(F)(F)C8CCN(c9ccc%10c(C%11CCC(=O)NC%11=O)nn(C)c%10c9)CC8)CC6)CC7)nc5c3F)N3CCCOCC3(C)CC4)c12.[HH].[HH]. The molecule has 13 rings (SSSR count). The molecule has 4 atom stereocenters. The number of nitrogens with zero attached hydrogens (tertiary/aromatic N) is 9. The number of terminal acetylenes is 1. The molecule has 3 aromatic carbocycles. The van der Waals surface area contributed by atoms with Crippen LogP contribution in [0, 0.1) is 35.8 Å². The third kappa shape index (κ3) is 10.1. The summed E-state index contributed by atoms with van der Waals surface area (Å²) in [4.78, 5) is 61.2. The van der Waals surface area contributed by atoms with E-state index in [-0.39, 0.29) is 104 Å². The Bertz CT molecular complexity index is 3570. The van der Waals surface area contributed by atoms with Gasteiger partial charge in [0.1, 0.15) is 36.1 Å². The van der Waals surface area contributed by atoms with Crippen molar-refractivity contribution < 1.29 is 49.0 Å². The quantitative estimate of drug-likeness (QED) is 0.0785. The average molecular weight is 1150 g/mol. The molecule has 7 aliphatic heterocycles. The summed E-state index contributed by atoms with van der Waals surface area (Å²) in [5.41, 5.74) is 2.58. The highest BCUT2D eigenvalue weighted by molar-refractivity contribution is 6.04. The molecule has 1 N–H and O–H groups in total. The number of aromatic nitrogens is 5. The van der Waals surface area contributed by atoms with Crippen molar-refractivity contribution in [2.75, 3.05) is 75.5 Å². The molecule has 0 bridgehead atoms. The number of benzene rings is 3. The van der Waals surface area contributed by atoms with Crippen molar-refractivity contribution in [1.82, 2.24) is 39.8 Å². The van der Waals surface area contributed by atoms with Crippen molar-refractivity contribution in [1.29, 1.82) is 0 Å². The Morgan fingerprint density at radius 2 is 1.69 bits per heavy atom. The van der Waals surface area contributed by atoms with Gasteiger partial charge in [-0.2, -0.15) is 15.1 Å². The lowest BCUT2D eigenvalue weighted by Crippen LogP contribution is -2.50. The van der Waals surface area contributed by atoms with E-state index in [2.05, 4.69) is 38.0 Å². The molecule has 16 nitrogen and oxygen atoms in total. The number of carbonyl (C=O) groups is 3. The van der Waals surface area contributed by atoms with Gasteiger partial charge < -0.3 is 28.9 Å². The minimum atomic E-state index is -2.89. The Morgan fingerprint density at radius 3 is 2.46 bits per heavy atom. The Hall–Kier alpha value is -7.11. The number of amides is 3. The molecule has 0 aliphatic carbocycles. The summed E-state index contributed by atoms with van der Waals surface area (Å²) >= 11 is 0. The topological polar surface area (TPSA) is 160 Å². The second-order valence-electron chi connectivity index (χ2n) is 23.8. The number of hydrogen-bond acceptors (Lipinski definition) is 13. The number of anilines is 2. The van der Waals surface area contributed by atoms with E-state index in [1.165, 1.54) is 6.07 Å². The van der Waals surface area contributed by atoms with Crippen LogP contribution in [0.5, 0.6) is 6.01 Å². The number of nitrogens with one attached hydrogen (secondary N) is 1. The standard InChI is InChI=1S/C61H66F4N10O6.2CH4.2H2/c1-4-41-45(62)14-10-36-8-5-9-43(49(36)41)53-51(63)54-50-46(66-53)17-23-59(2)34-79-31-7-26-75(59)55(50)69-57(68-54)81-35-60-22-6-25-74(60)40(16-24-60)33-80-58(78)73-29-20-38(21-30-73)61(64,65)37-18-27-72(28-19-37)39-11-12-42-47(32-39)71(3)70-52(42)44-13-15-48(76)67-56(44)77;;;;/h1,5,8-12,14,32,37-38,40,44H,6-7,13,15-31,33-35H2,2-3H3,(H,67,76,77);2*1H4;2*1H/t40-,44?,59?,60-;;;;/m0..../s1. The molecular formula is C63H78F4N10O6. The molecular weight excluding hydrogens is 1070 g/mol. The van der Waals surface area contributed by atoms with Gasteiger partial charge in [0, 0.05) is 95.6 Å². The van der Waals surface area contributed by atoms with Crippen molar-refractivity contribution in [3.63, 3.8) is 0 Å². The first-order chi connectivity index (χ1) is 39.1. The van der Waals surface area contributed by atoms with Crippen LogP contribution in [-0.2, 0) is 32.5 Å². The lowest BCUT2D eigenvalue weighted by atomic mass is 9.79. The Morgan fingerprint density at radius 1 is 0.904 bits per heavy atom. The third-order valence-corrected chi connectivity index (χ3v) is 19.1. The van der Waals surface area contributed by atoms with Crippen molar-refractivity contribution in [2.24, 2.45) is 18.9 Å². The van der Waals surface area contributed by atoms with Crippen LogP contribution >= 0.6 is 0 Å². The molecule has 6 saturated heterocycles. The van der Waals surface area contributed by atoms with Gasteiger partial charge in [-0.3, -0.25) is 24.5 Å². The second-order valence-corrected chi connectivity index (χ2v) is 23.8. The summed E-state index contributed by atoms with van der Waals surface area (Å²) in [6.07, 6.45) is 12.2. The zero-order valence-corrected chi connectivity index (χ0v) is 45.8. The van der Waals surface area contributed by atoms with Gasteiger partial charge in [-0.15, -0.1) is 6.42 Å². The summed E-state index contributed by atoms with van der Waals surface area (Å²) in [6, 6.07) is 14.1. The summed E-state index contributed by atoms with van der Waals surface area (Å²) in [7, 11) is 1.82. The zero-order valence-electron chi connectivity index (χ0n) is 45.8. The highest BCUT2D eigenvalue weighted by Crippen LogP contribution is 2.47. The van der Waals surface area contributed by atoms with E-state index in [4.69, 9.17) is 35.6 Å². The summed E-state index contributed by atoms with van der Waals surface area (Å²) in [5, 5.41) is 9.47. The van der Waals surface area contributed by atoms with E-state index >= 15 is 17.6 Å². The highest BCUT2D eigenvalue weighted by atomic mass is 19.3. The van der Waals surface area contributed by atoms with Gasteiger partial charge in [-0.25, -0.2) is 27.3 Å². The van der Waals surface area contributed by atoms with E-state index in [0.717, 1.165) is 55.2 Å². The van der Waals surface area contributed by atoms with E-state index in [9.17, 15) is 14.4 Å². The maximum absolute atomic E-state index is 17.5. The van der Waals surface area contributed by atoms with Crippen molar-refractivity contribution in [3.8, 4) is 29.6 Å². The Labute approximate surface area is 484 Å². The zero-order chi connectivity index (χ0) is 56.0. The normalized spacial score (nSPS) is 24.4.